The van der Waals surface area contributed by atoms with Gasteiger partial charge in [0.2, 0.25) is 0 Å². The lowest BCUT2D eigenvalue weighted by atomic mass is 10.0. The molecule has 38 heavy (non-hydrogen) atoms. The van der Waals surface area contributed by atoms with Crippen LogP contribution < -0.4 is 5.32 Å². The molecule has 0 heterocycles. The summed E-state index contributed by atoms with van der Waals surface area (Å²) in [6.07, 6.45) is 46.2. The topological polar surface area (TPSA) is 12.0 Å². The Morgan fingerprint density at radius 1 is 0.474 bits per heavy atom. The van der Waals surface area contributed by atoms with Gasteiger partial charge in [-0.1, -0.05) is 180 Å². The average Bonchev–Trinajstić information content (AvgIpc) is 2.94. The summed E-state index contributed by atoms with van der Waals surface area (Å²) < 4.78 is 0. The standard InChI is InChI=1S/C20H41N.C17H34/c1-4-6-7-8-9-10-11-12-13-14-15-16-17-18-19-20(5-2)21-3;1-3-5-7-9-11-13-15-17-16-14-12-10-8-6-4-2/h17-18,20-21H,4-16,19H2,1-3H3;3H,1,4-17H2,2H3/b18-17+;. The molecule has 1 nitrogen and oxygen atoms in total. The number of unbranched alkanes of at least 4 members (excludes halogenated alkanes) is 24. The maximum atomic E-state index is 3.75. The Hall–Kier alpha value is -0.560. The largest absolute Gasteiger partial charge is 0.317 e. The van der Waals surface area contributed by atoms with Crippen LogP contribution in [0.2, 0.25) is 0 Å². The molecule has 0 aliphatic rings. The second-order valence-corrected chi connectivity index (χ2v) is 11.7. The van der Waals surface area contributed by atoms with E-state index in [1.807, 2.05) is 6.08 Å². The lowest BCUT2D eigenvalue weighted by Crippen LogP contribution is -2.22. The minimum atomic E-state index is 0.665. The molecular weight excluding hydrogens is 458 g/mol. The highest BCUT2D eigenvalue weighted by Crippen LogP contribution is 2.14. The predicted molar refractivity (Wildman–Crippen MR) is 178 cm³/mol. The number of hydrogen-bond donors (Lipinski definition) is 1. The molecule has 0 aromatic rings. The Kier molecular flexibility index (Phi) is 40.2. The van der Waals surface area contributed by atoms with Crippen LogP contribution >= 0.6 is 0 Å². The third-order valence-corrected chi connectivity index (χ3v) is 7.97. The maximum absolute atomic E-state index is 3.75. The summed E-state index contributed by atoms with van der Waals surface area (Å²) in [7, 11) is 2.06. The van der Waals surface area contributed by atoms with Crippen LogP contribution in [0.25, 0.3) is 0 Å². The van der Waals surface area contributed by atoms with Crippen molar-refractivity contribution in [2.24, 2.45) is 0 Å². The van der Waals surface area contributed by atoms with Crippen LogP contribution in [0.15, 0.2) is 24.8 Å². The molecule has 0 saturated heterocycles. The van der Waals surface area contributed by atoms with Gasteiger partial charge in [0.05, 0.1) is 0 Å². The SMILES string of the molecule is C=CCCCCCCCCCCCCCCC.CCCCCCCCCCCCC/C=C/CC(CC)NC. The van der Waals surface area contributed by atoms with E-state index in [0.29, 0.717) is 6.04 Å². The van der Waals surface area contributed by atoms with Crippen molar-refractivity contribution in [1.82, 2.24) is 5.32 Å². The summed E-state index contributed by atoms with van der Waals surface area (Å²) in [5, 5.41) is 3.35. The van der Waals surface area contributed by atoms with Gasteiger partial charge >= 0.3 is 0 Å². The van der Waals surface area contributed by atoms with Crippen molar-refractivity contribution >= 4 is 0 Å². The van der Waals surface area contributed by atoms with Gasteiger partial charge < -0.3 is 5.32 Å². The lowest BCUT2D eigenvalue weighted by Gasteiger charge is -2.09. The first-order valence-electron chi connectivity index (χ1n) is 17.7. The molecule has 0 amide bonds. The van der Waals surface area contributed by atoms with Crippen LogP contribution in [0.5, 0.6) is 0 Å². The van der Waals surface area contributed by atoms with E-state index in [1.165, 1.54) is 180 Å². The van der Waals surface area contributed by atoms with Crippen LogP contribution in [-0.4, -0.2) is 13.1 Å². The molecule has 1 atom stereocenters. The Morgan fingerprint density at radius 3 is 1.13 bits per heavy atom. The normalized spacial score (nSPS) is 12.0. The molecule has 0 aliphatic heterocycles. The van der Waals surface area contributed by atoms with Gasteiger partial charge in [-0.3, -0.25) is 0 Å². The number of allylic oxidation sites excluding steroid dienone is 2. The van der Waals surface area contributed by atoms with Crippen LogP contribution in [0, 0.1) is 0 Å². The predicted octanol–water partition coefficient (Wildman–Crippen LogP) is 13.3. The van der Waals surface area contributed by atoms with Gasteiger partial charge in [0, 0.05) is 6.04 Å². The average molecular weight is 534 g/mol. The van der Waals surface area contributed by atoms with Gasteiger partial charge in [-0.05, 0) is 45.6 Å². The molecule has 0 aromatic carbocycles. The maximum Gasteiger partial charge on any atom is 0.00959 e. The smallest absolute Gasteiger partial charge is 0.00959 e. The van der Waals surface area contributed by atoms with Crippen molar-refractivity contribution in [3.63, 3.8) is 0 Å². The summed E-state index contributed by atoms with van der Waals surface area (Å²) >= 11 is 0. The van der Waals surface area contributed by atoms with E-state index in [4.69, 9.17) is 0 Å². The van der Waals surface area contributed by atoms with Crippen LogP contribution in [-0.2, 0) is 0 Å². The first-order valence-corrected chi connectivity index (χ1v) is 17.7. The van der Waals surface area contributed by atoms with E-state index in [1.54, 1.807) is 0 Å². The molecule has 0 fully saturated rings. The first kappa shape index (κ1) is 39.6. The van der Waals surface area contributed by atoms with Gasteiger partial charge in [0.15, 0.2) is 0 Å². The molecular formula is C37H75N. The summed E-state index contributed by atoms with van der Waals surface area (Å²) in [6, 6.07) is 0.665. The highest BCUT2D eigenvalue weighted by molar-refractivity contribution is 4.85. The van der Waals surface area contributed by atoms with Crippen molar-refractivity contribution in [2.45, 2.75) is 207 Å². The van der Waals surface area contributed by atoms with Gasteiger partial charge in [-0.15, -0.1) is 6.58 Å². The van der Waals surface area contributed by atoms with Gasteiger partial charge in [0.25, 0.3) is 0 Å². The quantitative estimate of drug-likeness (QED) is 0.0715. The molecule has 0 rings (SSSR count). The van der Waals surface area contributed by atoms with Crippen molar-refractivity contribution in [1.29, 1.82) is 0 Å². The molecule has 0 aromatic heterocycles. The van der Waals surface area contributed by atoms with Crippen molar-refractivity contribution in [3.8, 4) is 0 Å². The van der Waals surface area contributed by atoms with Crippen molar-refractivity contribution in [2.75, 3.05) is 7.05 Å². The minimum Gasteiger partial charge on any atom is -0.317 e. The fourth-order valence-corrected chi connectivity index (χ4v) is 5.10. The molecule has 1 N–H and O–H groups in total. The Bertz CT molecular complexity index is 422. The van der Waals surface area contributed by atoms with Gasteiger partial charge in [-0.25, -0.2) is 0 Å². The highest BCUT2D eigenvalue weighted by Gasteiger charge is 1.98. The zero-order chi connectivity index (χ0) is 28.2. The summed E-state index contributed by atoms with van der Waals surface area (Å²) in [6.45, 7) is 10.6. The Morgan fingerprint density at radius 2 is 0.816 bits per heavy atom. The zero-order valence-electron chi connectivity index (χ0n) is 27.3. The van der Waals surface area contributed by atoms with E-state index in [0.717, 1.165) is 0 Å². The van der Waals surface area contributed by atoms with E-state index in [-0.39, 0.29) is 0 Å². The van der Waals surface area contributed by atoms with E-state index in [9.17, 15) is 0 Å². The van der Waals surface area contributed by atoms with Crippen LogP contribution in [0.4, 0.5) is 0 Å². The molecule has 1 heteroatoms. The molecule has 228 valence electrons. The zero-order valence-corrected chi connectivity index (χ0v) is 27.3. The summed E-state index contributed by atoms with van der Waals surface area (Å²) in [5.74, 6) is 0. The summed E-state index contributed by atoms with van der Waals surface area (Å²) in [4.78, 5) is 0. The Balaban J connectivity index is 0. The molecule has 1 unspecified atom stereocenters. The monoisotopic (exact) mass is 534 g/mol. The fraction of sp³-hybridized carbons (Fsp3) is 0.892. The molecule has 0 bridgehead atoms. The third-order valence-electron chi connectivity index (χ3n) is 7.97. The fourth-order valence-electron chi connectivity index (χ4n) is 5.10. The molecule has 0 saturated carbocycles. The van der Waals surface area contributed by atoms with Crippen LogP contribution in [0.1, 0.15) is 201 Å². The number of nitrogens with one attached hydrogen (secondary N) is 1. The van der Waals surface area contributed by atoms with Gasteiger partial charge in [-0.2, -0.15) is 0 Å². The number of rotatable bonds is 30. The second kappa shape index (κ2) is 38.6. The molecule has 0 aliphatic carbocycles. The van der Waals surface area contributed by atoms with Gasteiger partial charge in [0.1, 0.15) is 0 Å². The highest BCUT2D eigenvalue weighted by atomic mass is 14.9. The number of hydrogen-bond acceptors (Lipinski definition) is 1. The minimum absolute atomic E-state index is 0.665. The molecule has 0 spiro atoms. The van der Waals surface area contributed by atoms with E-state index in [2.05, 4.69) is 51.9 Å². The lowest BCUT2D eigenvalue weighted by molar-refractivity contribution is 0.540. The van der Waals surface area contributed by atoms with Crippen molar-refractivity contribution < 1.29 is 0 Å². The van der Waals surface area contributed by atoms with Crippen LogP contribution in [0.3, 0.4) is 0 Å². The second-order valence-electron chi connectivity index (χ2n) is 11.7. The first-order chi connectivity index (χ1) is 18.8. The molecule has 0 radical (unpaired) electrons. The third kappa shape index (κ3) is 37.6. The van der Waals surface area contributed by atoms with Crippen molar-refractivity contribution in [3.05, 3.63) is 24.8 Å². The van der Waals surface area contributed by atoms with E-state index < -0.39 is 0 Å². The Labute approximate surface area is 243 Å². The summed E-state index contributed by atoms with van der Waals surface area (Å²) in [5.41, 5.74) is 0. The van der Waals surface area contributed by atoms with E-state index >= 15 is 0 Å².